The number of hydrogen-bond donors (Lipinski definition) is 1. The molecule has 0 radical (unpaired) electrons. The fourth-order valence-electron chi connectivity index (χ4n) is 0.632. The van der Waals surface area contributed by atoms with E-state index in [0.29, 0.717) is 0 Å². The van der Waals surface area contributed by atoms with Gasteiger partial charge in [0, 0.05) is 28.2 Å². The highest BCUT2D eigenvalue weighted by molar-refractivity contribution is 8.11. The highest BCUT2D eigenvalue weighted by atomic mass is 32.2. The molecule has 11 heavy (non-hydrogen) atoms. The zero-order chi connectivity index (χ0) is 8.43. The van der Waals surface area contributed by atoms with Gasteiger partial charge in [0.05, 0.1) is 5.41 Å². The highest BCUT2D eigenvalue weighted by Crippen LogP contribution is 2.21. The van der Waals surface area contributed by atoms with Crippen LogP contribution in [-0.2, 0) is 0 Å². The SMILES string of the molecule is CN(C)C1=CS[NH+](N(C)C)S1. The molecule has 0 fully saturated rings. The first-order valence-corrected chi connectivity index (χ1v) is 5.07. The molecular formula is C6H14N3S2+. The molecular weight excluding hydrogens is 178 g/mol. The maximum atomic E-state index is 2.18. The fraction of sp³-hybridized carbons (Fsp3) is 0.667. The molecule has 0 spiro atoms. The van der Waals surface area contributed by atoms with Crippen molar-refractivity contribution < 1.29 is 3.82 Å². The van der Waals surface area contributed by atoms with Crippen molar-refractivity contribution in [1.82, 2.24) is 9.91 Å². The van der Waals surface area contributed by atoms with Crippen molar-refractivity contribution in [3.05, 3.63) is 10.4 Å². The quantitative estimate of drug-likeness (QED) is 0.618. The predicted molar refractivity (Wildman–Crippen MR) is 51.6 cm³/mol. The molecule has 1 unspecified atom stereocenters. The van der Waals surface area contributed by atoms with Gasteiger partial charge in [0.2, 0.25) is 0 Å². The number of quaternary nitrogens is 1. The van der Waals surface area contributed by atoms with E-state index in [0.717, 1.165) is 0 Å². The third-order valence-electron chi connectivity index (χ3n) is 1.26. The molecule has 1 rings (SSSR count). The third-order valence-corrected chi connectivity index (χ3v) is 4.09. The average Bonchev–Trinajstić information content (AvgIpc) is 2.33. The first-order chi connectivity index (χ1) is 5.11. The Bertz CT molecular complexity index is 167. The van der Waals surface area contributed by atoms with Gasteiger partial charge in [-0.1, -0.05) is 0 Å². The Morgan fingerprint density at radius 1 is 1.27 bits per heavy atom. The summed E-state index contributed by atoms with van der Waals surface area (Å²) in [5.41, 5.74) is 0. The van der Waals surface area contributed by atoms with Gasteiger partial charge in [0.25, 0.3) is 0 Å². The Labute approximate surface area is 76.6 Å². The summed E-state index contributed by atoms with van der Waals surface area (Å²) in [6, 6.07) is 0. The van der Waals surface area contributed by atoms with Crippen LogP contribution in [0.5, 0.6) is 0 Å². The number of nitrogens with one attached hydrogen (secondary N) is 1. The summed E-state index contributed by atoms with van der Waals surface area (Å²) in [7, 11) is 8.28. The topological polar surface area (TPSA) is 10.9 Å². The lowest BCUT2D eigenvalue weighted by molar-refractivity contribution is -0.743. The van der Waals surface area contributed by atoms with Gasteiger partial charge in [0.15, 0.2) is 11.9 Å². The smallest absolute Gasteiger partial charge is 0.164 e. The van der Waals surface area contributed by atoms with E-state index < -0.39 is 0 Å². The molecule has 0 saturated heterocycles. The average molecular weight is 192 g/mol. The van der Waals surface area contributed by atoms with Crippen LogP contribution in [0.4, 0.5) is 0 Å². The van der Waals surface area contributed by atoms with Gasteiger partial charge in [-0.3, -0.25) is 0 Å². The van der Waals surface area contributed by atoms with Crippen molar-refractivity contribution in [2.24, 2.45) is 0 Å². The van der Waals surface area contributed by atoms with Crippen molar-refractivity contribution in [2.45, 2.75) is 0 Å². The predicted octanol–water partition coefficient (Wildman–Crippen LogP) is 0.0184. The van der Waals surface area contributed by atoms with Crippen LogP contribution in [0.3, 0.4) is 0 Å². The van der Waals surface area contributed by atoms with Gasteiger partial charge in [-0.15, -0.1) is 8.83 Å². The summed E-state index contributed by atoms with van der Waals surface area (Å²) in [5.74, 6) is 0. The fourth-order valence-corrected chi connectivity index (χ4v) is 2.73. The lowest BCUT2D eigenvalue weighted by atomic mass is 10.8. The van der Waals surface area contributed by atoms with E-state index in [4.69, 9.17) is 0 Å². The van der Waals surface area contributed by atoms with Crippen molar-refractivity contribution in [2.75, 3.05) is 28.2 Å². The largest absolute Gasteiger partial charge is 0.367 e. The van der Waals surface area contributed by atoms with Crippen LogP contribution in [0.1, 0.15) is 0 Å². The van der Waals surface area contributed by atoms with Gasteiger partial charge < -0.3 is 4.90 Å². The van der Waals surface area contributed by atoms with Crippen LogP contribution in [0.2, 0.25) is 0 Å². The van der Waals surface area contributed by atoms with Gasteiger partial charge >= 0.3 is 0 Å². The van der Waals surface area contributed by atoms with Gasteiger partial charge in [-0.25, -0.2) is 0 Å². The number of rotatable bonds is 2. The molecule has 0 saturated carbocycles. The summed E-state index contributed by atoms with van der Waals surface area (Å²) >= 11 is 3.61. The molecule has 0 bridgehead atoms. The van der Waals surface area contributed by atoms with Gasteiger partial charge in [-0.05, 0) is 0 Å². The lowest BCUT2D eigenvalue weighted by Crippen LogP contribution is -3.03. The Kier molecular flexibility index (Phi) is 3.12. The van der Waals surface area contributed by atoms with Crippen molar-refractivity contribution in [3.8, 4) is 0 Å². The zero-order valence-electron chi connectivity index (χ0n) is 7.29. The van der Waals surface area contributed by atoms with Crippen molar-refractivity contribution in [3.63, 3.8) is 0 Å². The molecule has 1 heterocycles. The lowest BCUT2D eigenvalue weighted by Gasteiger charge is -2.16. The van der Waals surface area contributed by atoms with Crippen LogP contribution in [0.15, 0.2) is 10.4 Å². The van der Waals surface area contributed by atoms with Gasteiger partial charge in [-0.2, -0.15) is 0 Å². The molecule has 1 aliphatic heterocycles. The number of nitrogens with zero attached hydrogens (tertiary/aromatic N) is 2. The van der Waals surface area contributed by atoms with E-state index in [1.807, 2.05) is 11.9 Å². The third kappa shape index (κ3) is 2.30. The summed E-state index contributed by atoms with van der Waals surface area (Å²) in [6.45, 7) is 0. The second kappa shape index (κ2) is 3.71. The maximum Gasteiger partial charge on any atom is 0.164 e. The number of hydrogen-bond acceptors (Lipinski definition) is 4. The van der Waals surface area contributed by atoms with E-state index in [2.05, 4.69) is 43.5 Å². The van der Waals surface area contributed by atoms with E-state index in [-0.39, 0.29) is 0 Å². The van der Waals surface area contributed by atoms with Gasteiger partial charge in [0.1, 0.15) is 17.0 Å². The summed E-state index contributed by atoms with van der Waals surface area (Å²) in [5, 5.41) is 5.64. The summed E-state index contributed by atoms with van der Waals surface area (Å²) < 4.78 is 1.34. The normalized spacial score (nSPS) is 24.1. The van der Waals surface area contributed by atoms with E-state index in [1.54, 1.807) is 11.9 Å². The van der Waals surface area contributed by atoms with Crippen LogP contribution in [-0.4, -0.2) is 38.1 Å². The van der Waals surface area contributed by atoms with Crippen LogP contribution < -0.4 is 3.82 Å². The van der Waals surface area contributed by atoms with Crippen LogP contribution >= 0.6 is 23.9 Å². The summed E-state index contributed by atoms with van der Waals surface area (Å²) in [6.07, 6.45) is 0. The molecule has 1 N–H and O–H groups in total. The molecule has 0 aromatic carbocycles. The summed E-state index contributed by atoms with van der Waals surface area (Å²) in [4.78, 5) is 2.13. The molecule has 64 valence electrons. The van der Waals surface area contributed by atoms with E-state index in [1.165, 1.54) is 8.85 Å². The first-order valence-electron chi connectivity index (χ1n) is 3.37. The minimum atomic E-state index is 1.32. The minimum absolute atomic E-state index is 1.32. The van der Waals surface area contributed by atoms with Crippen LogP contribution in [0.25, 0.3) is 0 Å². The standard InChI is InChI=1S/C6H13N3S2/c1-7(2)6-5-10-9(11-6)8(3)4/h5H,1-4H3/p+1. The molecule has 0 aliphatic carbocycles. The monoisotopic (exact) mass is 192 g/mol. The molecule has 3 nitrogen and oxygen atoms in total. The molecule has 5 heteroatoms. The molecule has 0 aromatic heterocycles. The molecule has 1 atom stereocenters. The molecule has 0 aromatic rings. The Morgan fingerprint density at radius 2 is 1.91 bits per heavy atom. The Morgan fingerprint density at radius 3 is 2.18 bits per heavy atom. The molecule has 1 aliphatic rings. The van der Waals surface area contributed by atoms with E-state index >= 15 is 0 Å². The van der Waals surface area contributed by atoms with Crippen molar-refractivity contribution in [1.29, 1.82) is 0 Å². The second-order valence-corrected chi connectivity index (χ2v) is 4.86. The highest BCUT2D eigenvalue weighted by Gasteiger charge is 2.25. The zero-order valence-corrected chi connectivity index (χ0v) is 8.92. The Balaban J connectivity index is 2.43. The maximum absolute atomic E-state index is 2.18. The van der Waals surface area contributed by atoms with E-state index in [9.17, 15) is 0 Å². The Hall–Kier alpha value is 0.160. The van der Waals surface area contributed by atoms with Crippen molar-refractivity contribution >= 4 is 23.9 Å². The first kappa shape index (κ1) is 9.25. The second-order valence-electron chi connectivity index (χ2n) is 2.73. The van der Waals surface area contributed by atoms with Crippen LogP contribution in [0, 0.1) is 0 Å². The molecule has 0 amide bonds. The minimum Gasteiger partial charge on any atom is -0.367 e.